The molecule has 130 valence electrons. The Labute approximate surface area is 143 Å². The molecule has 1 saturated heterocycles. The van der Waals surface area contributed by atoms with E-state index in [1.165, 1.54) is 12.8 Å². The molecule has 9 heteroatoms. The Morgan fingerprint density at radius 1 is 1.33 bits per heavy atom. The van der Waals surface area contributed by atoms with Crippen molar-refractivity contribution in [2.75, 3.05) is 11.9 Å². The number of nitrogens with one attached hydrogen (secondary N) is 1. The van der Waals surface area contributed by atoms with E-state index in [2.05, 4.69) is 20.3 Å². The third-order valence-corrected chi connectivity index (χ3v) is 4.95. The van der Waals surface area contributed by atoms with Crippen molar-refractivity contribution in [2.24, 2.45) is 0 Å². The molecule has 3 heterocycles. The number of hydrogen-bond acceptors (Lipinski definition) is 7. The lowest BCUT2D eigenvalue weighted by atomic mass is 10.2. The molecule has 0 bridgehead atoms. The molecule has 2 aromatic rings. The normalized spacial score (nSPS) is 28.0. The molecular formula is C15H20ClN5O3. The molecule has 2 aromatic heterocycles. The summed E-state index contributed by atoms with van der Waals surface area (Å²) in [6.45, 7) is -0.228. The van der Waals surface area contributed by atoms with Gasteiger partial charge in [0.2, 0.25) is 5.28 Å². The Kier molecular flexibility index (Phi) is 4.29. The fourth-order valence-electron chi connectivity index (χ4n) is 3.52. The first-order chi connectivity index (χ1) is 11.7. The highest BCUT2D eigenvalue weighted by Gasteiger charge is 2.35. The van der Waals surface area contributed by atoms with Crippen LogP contribution in [-0.2, 0) is 4.74 Å². The summed E-state index contributed by atoms with van der Waals surface area (Å²) in [5.41, 5.74) is 1.20. The highest BCUT2D eigenvalue weighted by Crippen LogP contribution is 2.33. The first-order valence-corrected chi connectivity index (χ1v) is 8.64. The predicted octanol–water partition coefficient (Wildman–Crippen LogP) is 1.47. The molecular weight excluding hydrogens is 334 g/mol. The summed E-state index contributed by atoms with van der Waals surface area (Å²) in [5.74, 6) is 0.632. The minimum Gasteiger partial charge on any atom is -0.394 e. The number of ether oxygens (including phenoxy) is 1. The van der Waals surface area contributed by atoms with Crippen molar-refractivity contribution < 1.29 is 14.9 Å². The molecule has 1 aliphatic carbocycles. The van der Waals surface area contributed by atoms with Gasteiger partial charge in [-0.3, -0.25) is 4.57 Å². The van der Waals surface area contributed by atoms with E-state index in [0.29, 0.717) is 29.4 Å². The zero-order chi connectivity index (χ0) is 16.7. The first kappa shape index (κ1) is 16.0. The summed E-state index contributed by atoms with van der Waals surface area (Å²) >= 11 is 6.10. The molecule has 3 atom stereocenters. The minimum atomic E-state index is -0.717. The van der Waals surface area contributed by atoms with Gasteiger partial charge in [0.15, 0.2) is 17.0 Å². The number of aliphatic hydroxyl groups is 2. The number of imidazole rings is 1. The van der Waals surface area contributed by atoms with E-state index in [1.807, 2.05) is 0 Å². The van der Waals surface area contributed by atoms with Gasteiger partial charge in [-0.05, 0) is 24.4 Å². The van der Waals surface area contributed by atoms with Crippen molar-refractivity contribution in [3.05, 3.63) is 11.6 Å². The molecule has 8 nitrogen and oxygen atoms in total. The number of fused-ring (bicyclic) bond motifs is 1. The molecule has 1 unspecified atom stereocenters. The van der Waals surface area contributed by atoms with Crippen LogP contribution in [-0.4, -0.2) is 54.6 Å². The van der Waals surface area contributed by atoms with E-state index in [0.717, 1.165) is 12.8 Å². The minimum absolute atomic E-state index is 0.141. The summed E-state index contributed by atoms with van der Waals surface area (Å²) in [6, 6.07) is 0.382. The van der Waals surface area contributed by atoms with E-state index >= 15 is 0 Å². The lowest BCUT2D eigenvalue weighted by Gasteiger charge is -2.15. The van der Waals surface area contributed by atoms with E-state index < -0.39 is 18.4 Å². The Hall–Kier alpha value is -1.48. The second-order valence-electron chi connectivity index (χ2n) is 6.41. The molecule has 1 saturated carbocycles. The lowest BCUT2D eigenvalue weighted by Crippen LogP contribution is -2.24. The van der Waals surface area contributed by atoms with Gasteiger partial charge in [-0.15, -0.1) is 0 Å². The number of nitrogens with zero attached hydrogens (tertiary/aromatic N) is 4. The van der Waals surface area contributed by atoms with E-state index in [1.54, 1.807) is 10.9 Å². The maximum Gasteiger partial charge on any atom is 0.226 e. The van der Waals surface area contributed by atoms with Gasteiger partial charge in [0, 0.05) is 12.5 Å². The van der Waals surface area contributed by atoms with E-state index in [-0.39, 0.29) is 11.9 Å². The molecule has 1 aliphatic heterocycles. The molecule has 0 spiro atoms. The molecule has 2 aliphatic rings. The maximum atomic E-state index is 9.94. The molecule has 0 amide bonds. The van der Waals surface area contributed by atoms with Crippen LogP contribution in [0.25, 0.3) is 11.2 Å². The fourth-order valence-corrected chi connectivity index (χ4v) is 3.68. The number of rotatable bonds is 4. The number of aromatic nitrogens is 4. The number of hydrogen-bond donors (Lipinski definition) is 3. The summed E-state index contributed by atoms with van der Waals surface area (Å²) in [7, 11) is 0. The molecule has 2 fully saturated rings. The number of aliphatic hydroxyl groups excluding tert-OH is 2. The van der Waals surface area contributed by atoms with Crippen LogP contribution in [0.2, 0.25) is 5.28 Å². The van der Waals surface area contributed by atoms with Crippen LogP contribution in [0.15, 0.2) is 6.33 Å². The van der Waals surface area contributed by atoms with Gasteiger partial charge >= 0.3 is 0 Å². The molecule has 0 radical (unpaired) electrons. The number of anilines is 1. The average Bonchev–Trinajstić information content (AvgIpc) is 3.26. The van der Waals surface area contributed by atoms with Gasteiger partial charge in [0.05, 0.1) is 19.0 Å². The summed E-state index contributed by atoms with van der Waals surface area (Å²) in [5, 5.41) is 22.7. The zero-order valence-corrected chi connectivity index (χ0v) is 13.9. The fraction of sp³-hybridized carbons (Fsp3) is 0.667. The largest absolute Gasteiger partial charge is 0.394 e. The maximum absolute atomic E-state index is 9.94. The monoisotopic (exact) mass is 353 g/mol. The van der Waals surface area contributed by atoms with Gasteiger partial charge in [-0.2, -0.15) is 9.97 Å². The molecule has 4 rings (SSSR count). The Bertz CT molecular complexity index is 733. The standard InChI is InChI=1S/C15H20ClN5O3/c16-15-19-13(18-8-3-1-2-4-8)12-14(20-15)21(7-17-12)11-5-9(23)10(6-22)24-11/h7-11,22-23H,1-6H2,(H,18,19,20)/t9?,10-,11-/m1/s1. The van der Waals surface area contributed by atoms with Crippen molar-refractivity contribution in [3.8, 4) is 0 Å². The van der Waals surface area contributed by atoms with Crippen LogP contribution in [0.4, 0.5) is 5.82 Å². The summed E-state index contributed by atoms with van der Waals surface area (Å²) in [6.07, 6.45) is 4.88. The zero-order valence-electron chi connectivity index (χ0n) is 13.1. The van der Waals surface area contributed by atoms with Crippen LogP contribution < -0.4 is 5.32 Å². The third-order valence-electron chi connectivity index (χ3n) is 4.78. The Morgan fingerprint density at radius 3 is 2.83 bits per heavy atom. The molecule has 0 aromatic carbocycles. The second-order valence-corrected chi connectivity index (χ2v) is 6.74. The second kappa shape index (κ2) is 6.44. The Balaban J connectivity index is 1.67. The van der Waals surface area contributed by atoms with Gasteiger partial charge < -0.3 is 20.3 Å². The van der Waals surface area contributed by atoms with Crippen molar-refractivity contribution >= 4 is 28.6 Å². The van der Waals surface area contributed by atoms with Crippen LogP contribution in [0, 0.1) is 0 Å². The van der Waals surface area contributed by atoms with Crippen LogP contribution >= 0.6 is 11.6 Å². The lowest BCUT2D eigenvalue weighted by molar-refractivity contribution is -0.0432. The summed E-state index contributed by atoms with van der Waals surface area (Å²) < 4.78 is 7.43. The van der Waals surface area contributed by atoms with Gasteiger partial charge in [-0.25, -0.2) is 4.98 Å². The van der Waals surface area contributed by atoms with Crippen molar-refractivity contribution in [3.63, 3.8) is 0 Å². The molecule has 3 N–H and O–H groups in total. The number of halogens is 1. The predicted molar refractivity (Wildman–Crippen MR) is 87.8 cm³/mol. The topological polar surface area (TPSA) is 105 Å². The quantitative estimate of drug-likeness (QED) is 0.715. The smallest absolute Gasteiger partial charge is 0.226 e. The van der Waals surface area contributed by atoms with Gasteiger partial charge in [0.25, 0.3) is 0 Å². The highest BCUT2D eigenvalue weighted by molar-refractivity contribution is 6.28. The highest BCUT2D eigenvalue weighted by atomic mass is 35.5. The van der Waals surface area contributed by atoms with Gasteiger partial charge in [-0.1, -0.05) is 12.8 Å². The van der Waals surface area contributed by atoms with Crippen molar-refractivity contribution in [1.29, 1.82) is 0 Å². The average molecular weight is 354 g/mol. The van der Waals surface area contributed by atoms with Crippen molar-refractivity contribution in [1.82, 2.24) is 19.5 Å². The SMILES string of the molecule is OC[C@H]1O[C@@H](n2cnc3c(NC4CCCC4)nc(Cl)nc32)CC1O. The first-order valence-electron chi connectivity index (χ1n) is 8.26. The van der Waals surface area contributed by atoms with E-state index in [4.69, 9.17) is 16.3 Å². The summed E-state index contributed by atoms with van der Waals surface area (Å²) in [4.78, 5) is 13.0. The van der Waals surface area contributed by atoms with E-state index in [9.17, 15) is 10.2 Å². The van der Waals surface area contributed by atoms with Crippen LogP contribution in [0.5, 0.6) is 0 Å². The third kappa shape index (κ3) is 2.83. The van der Waals surface area contributed by atoms with Gasteiger partial charge in [0.1, 0.15) is 12.3 Å². The Morgan fingerprint density at radius 2 is 2.12 bits per heavy atom. The van der Waals surface area contributed by atoms with Crippen molar-refractivity contribution in [2.45, 2.75) is 56.6 Å². The molecule has 24 heavy (non-hydrogen) atoms. The van der Waals surface area contributed by atoms with Crippen LogP contribution in [0.1, 0.15) is 38.3 Å². The van der Waals surface area contributed by atoms with Crippen LogP contribution in [0.3, 0.4) is 0 Å².